The van der Waals surface area contributed by atoms with Crippen molar-refractivity contribution in [2.24, 2.45) is 5.73 Å². The van der Waals surface area contributed by atoms with Gasteiger partial charge in [0.25, 0.3) is 0 Å². The highest BCUT2D eigenvalue weighted by molar-refractivity contribution is 7.91. The van der Waals surface area contributed by atoms with Crippen LogP contribution in [0, 0.1) is 26.2 Å². The van der Waals surface area contributed by atoms with Crippen LogP contribution in [-0.2, 0) is 9.84 Å². The molecule has 0 amide bonds. The monoisotopic (exact) mass is 404 g/mol. The van der Waals surface area contributed by atoms with Crippen molar-refractivity contribution < 1.29 is 13.5 Å². The van der Waals surface area contributed by atoms with Crippen LogP contribution in [0.4, 0.5) is 5.69 Å². The van der Waals surface area contributed by atoms with E-state index in [2.05, 4.69) is 10.6 Å². The van der Waals surface area contributed by atoms with E-state index in [4.69, 9.17) is 11.1 Å². The summed E-state index contributed by atoms with van der Waals surface area (Å²) in [7, 11) is -3.49. The van der Waals surface area contributed by atoms with E-state index >= 15 is 0 Å². The lowest BCUT2D eigenvalue weighted by atomic mass is 10.1. The molecule has 0 radical (unpaired) electrons. The standard InChI is InChI=1S/C20H28N4O3S/c1-13-8-14(2)19(15(3)9-13)28(26,27)12-23-10-18(25)11-24-17-6-4-16(5-7-17)20(21)22/h4-9,18,23-25H,10-12H2,1-3H3,(H3,21,22). The number of hydrogen-bond donors (Lipinski definition) is 5. The van der Waals surface area contributed by atoms with E-state index in [1.807, 2.05) is 19.1 Å². The molecule has 8 heteroatoms. The van der Waals surface area contributed by atoms with Gasteiger partial charge in [-0.15, -0.1) is 0 Å². The van der Waals surface area contributed by atoms with Crippen LogP contribution in [0.3, 0.4) is 0 Å². The molecule has 0 heterocycles. The molecule has 152 valence electrons. The average molecular weight is 405 g/mol. The molecule has 7 nitrogen and oxygen atoms in total. The number of nitrogens with two attached hydrogens (primary N) is 1. The largest absolute Gasteiger partial charge is 0.390 e. The van der Waals surface area contributed by atoms with Crippen molar-refractivity contribution in [2.75, 3.05) is 24.3 Å². The molecular formula is C20H28N4O3S. The minimum Gasteiger partial charge on any atom is -0.390 e. The number of nitrogens with one attached hydrogen (secondary N) is 3. The number of rotatable bonds is 9. The van der Waals surface area contributed by atoms with Gasteiger partial charge in [-0.2, -0.15) is 0 Å². The molecule has 2 rings (SSSR count). The van der Waals surface area contributed by atoms with E-state index in [0.717, 1.165) is 22.4 Å². The van der Waals surface area contributed by atoms with E-state index in [9.17, 15) is 13.5 Å². The summed E-state index contributed by atoms with van der Waals surface area (Å²) in [4.78, 5) is 0.351. The normalized spacial score (nSPS) is 12.6. The lowest BCUT2D eigenvalue weighted by Crippen LogP contribution is -2.35. The van der Waals surface area contributed by atoms with Gasteiger partial charge in [-0.1, -0.05) is 17.7 Å². The number of amidine groups is 1. The van der Waals surface area contributed by atoms with Crippen molar-refractivity contribution in [3.8, 4) is 0 Å². The topological polar surface area (TPSA) is 128 Å². The molecule has 0 saturated carbocycles. The molecule has 6 N–H and O–H groups in total. The summed E-state index contributed by atoms with van der Waals surface area (Å²) in [5.74, 6) is -0.238. The Labute approximate surface area is 166 Å². The molecular weight excluding hydrogens is 376 g/mol. The fourth-order valence-corrected chi connectivity index (χ4v) is 4.79. The Morgan fingerprint density at radius 1 is 1.11 bits per heavy atom. The molecule has 1 atom stereocenters. The van der Waals surface area contributed by atoms with Gasteiger partial charge < -0.3 is 21.5 Å². The van der Waals surface area contributed by atoms with Crippen molar-refractivity contribution >= 4 is 21.4 Å². The van der Waals surface area contributed by atoms with E-state index in [0.29, 0.717) is 10.5 Å². The predicted molar refractivity (Wildman–Crippen MR) is 113 cm³/mol. The second-order valence-electron chi connectivity index (χ2n) is 6.97. The Morgan fingerprint density at radius 3 is 2.21 bits per heavy atom. The molecule has 2 aromatic carbocycles. The van der Waals surface area contributed by atoms with Crippen LogP contribution in [0.2, 0.25) is 0 Å². The van der Waals surface area contributed by atoms with Crippen molar-refractivity contribution in [2.45, 2.75) is 31.8 Å². The molecule has 0 saturated heterocycles. The quantitative estimate of drug-likeness (QED) is 0.320. The molecule has 0 bridgehead atoms. The van der Waals surface area contributed by atoms with Gasteiger partial charge in [0.05, 0.1) is 11.0 Å². The molecule has 0 aliphatic heterocycles. The number of nitrogen functional groups attached to an aromatic ring is 1. The van der Waals surface area contributed by atoms with Gasteiger partial charge in [-0.05, 0) is 56.2 Å². The summed E-state index contributed by atoms with van der Waals surface area (Å²) >= 11 is 0. The SMILES string of the molecule is Cc1cc(C)c(S(=O)(=O)CNCC(O)CNc2ccc(C(=N)N)cc2)c(C)c1. The van der Waals surface area contributed by atoms with Gasteiger partial charge in [0.2, 0.25) is 0 Å². The van der Waals surface area contributed by atoms with E-state index in [-0.39, 0.29) is 24.8 Å². The van der Waals surface area contributed by atoms with Gasteiger partial charge in [-0.3, -0.25) is 5.41 Å². The zero-order valence-electron chi connectivity index (χ0n) is 16.4. The third-order valence-corrected chi connectivity index (χ3v) is 6.18. The highest BCUT2D eigenvalue weighted by Crippen LogP contribution is 2.22. The van der Waals surface area contributed by atoms with Crippen LogP contribution in [0.25, 0.3) is 0 Å². The smallest absolute Gasteiger partial charge is 0.191 e. The first-order valence-electron chi connectivity index (χ1n) is 8.98. The molecule has 1 unspecified atom stereocenters. The minimum absolute atomic E-state index is 0.00366. The summed E-state index contributed by atoms with van der Waals surface area (Å²) < 4.78 is 25.3. The molecule has 0 fully saturated rings. The van der Waals surface area contributed by atoms with Crippen LogP contribution in [0.5, 0.6) is 0 Å². The summed E-state index contributed by atoms with van der Waals surface area (Å²) in [5.41, 5.74) is 9.31. The summed E-state index contributed by atoms with van der Waals surface area (Å²) in [5, 5.41) is 23.3. The van der Waals surface area contributed by atoms with E-state index < -0.39 is 15.9 Å². The lowest BCUT2D eigenvalue weighted by Gasteiger charge is -2.16. The molecule has 0 aliphatic carbocycles. The van der Waals surface area contributed by atoms with Crippen LogP contribution < -0.4 is 16.4 Å². The zero-order valence-corrected chi connectivity index (χ0v) is 17.2. The number of benzene rings is 2. The molecule has 2 aromatic rings. The van der Waals surface area contributed by atoms with Crippen molar-refractivity contribution in [3.63, 3.8) is 0 Å². The number of aliphatic hydroxyl groups excluding tert-OH is 1. The van der Waals surface area contributed by atoms with Crippen LogP contribution >= 0.6 is 0 Å². The first kappa shape index (κ1) is 21.9. The number of aryl methyl sites for hydroxylation is 3. The van der Waals surface area contributed by atoms with E-state index in [1.54, 1.807) is 38.1 Å². The molecule has 0 aliphatic rings. The molecule has 28 heavy (non-hydrogen) atoms. The van der Waals surface area contributed by atoms with E-state index in [1.165, 1.54) is 0 Å². The third kappa shape index (κ3) is 5.79. The Bertz CT molecular complexity index is 917. The average Bonchev–Trinajstić information content (AvgIpc) is 2.59. The Balaban J connectivity index is 1.86. The maximum Gasteiger partial charge on any atom is 0.191 e. The first-order chi connectivity index (χ1) is 13.1. The Morgan fingerprint density at radius 2 is 1.68 bits per heavy atom. The van der Waals surface area contributed by atoms with Crippen molar-refractivity contribution in [1.29, 1.82) is 5.41 Å². The zero-order chi connectivity index (χ0) is 20.9. The molecule has 0 spiro atoms. The fraction of sp³-hybridized carbons (Fsp3) is 0.350. The van der Waals surface area contributed by atoms with Gasteiger partial charge in [0.1, 0.15) is 11.7 Å². The van der Waals surface area contributed by atoms with Crippen molar-refractivity contribution in [1.82, 2.24) is 5.32 Å². The first-order valence-corrected chi connectivity index (χ1v) is 10.6. The number of hydrogen-bond acceptors (Lipinski definition) is 6. The number of aliphatic hydroxyl groups is 1. The third-order valence-electron chi connectivity index (χ3n) is 4.33. The highest BCUT2D eigenvalue weighted by Gasteiger charge is 2.20. The minimum atomic E-state index is -3.49. The Hall–Kier alpha value is -2.42. The maximum atomic E-state index is 12.6. The van der Waals surface area contributed by atoms with Crippen LogP contribution in [0.1, 0.15) is 22.3 Å². The van der Waals surface area contributed by atoms with Gasteiger partial charge in [0, 0.05) is 24.3 Å². The van der Waals surface area contributed by atoms with Gasteiger partial charge in [0.15, 0.2) is 9.84 Å². The van der Waals surface area contributed by atoms with Gasteiger partial charge in [-0.25, -0.2) is 8.42 Å². The summed E-state index contributed by atoms with van der Waals surface area (Å²) in [6.45, 7) is 5.93. The van der Waals surface area contributed by atoms with Crippen LogP contribution in [0.15, 0.2) is 41.3 Å². The summed E-state index contributed by atoms with van der Waals surface area (Å²) in [6, 6.07) is 10.7. The lowest BCUT2D eigenvalue weighted by molar-refractivity contribution is 0.186. The predicted octanol–water partition coefficient (Wildman–Crippen LogP) is 1.69. The number of anilines is 1. The summed E-state index contributed by atoms with van der Waals surface area (Å²) in [6.07, 6.45) is -0.761. The highest BCUT2D eigenvalue weighted by atomic mass is 32.2. The van der Waals surface area contributed by atoms with Crippen molar-refractivity contribution in [3.05, 3.63) is 58.7 Å². The fourth-order valence-electron chi connectivity index (χ4n) is 3.16. The van der Waals surface area contributed by atoms with Crippen LogP contribution in [-0.4, -0.2) is 44.4 Å². The van der Waals surface area contributed by atoms with Gasteiger partial charge >= 0.3 is 0 Å². The second-order valence-corrected chi connectivity index (χ2v) is 8.89. The Kier molecular flexibility index (Phi) is 7.17. The molecule has 0 aromatic heterocycles. The maximum absolute atomic E-state index is 12.6. The second kappa shape index (κ2) is 9.18. The number of sulfone groups is 1.